The molecule has 2 atom stereocenters. The van der Waals surface area contributed by atoms with Gasteiger partial charge in [0.2, 0.25) is 0 Å². The number of allylic oxidation sites excluding steroid dienone is 2. The number of rotatable bonds is 0. The Labute approximate surface area is 61.1 Å². The van der Waals surface area contributed by atoms with E-state index in [2.05, 4.69) is 13.0 Å². The van der Waals surface area contributed by atoms with Crippen LogP contribution in [0.5, 0.6) is 0 Å². The van der Waals surface area contributed by atoms with Crippen LogP contribution in [0, 0.1) is 11.8 Å². The van der Waals surface area contributed by atoms with E-state index in [-0.39, 0.29) is 0 Å². The van der Waals surface area contributed by atoms with Crippen molar-refractivity contribution in [1.29, 1.82) is 0 Å². The van der Waals surface area contributed by atoms with Gasteiger partial charge in [-0.3, -0.25) is 4.79 Å². The molecule has 2 fully saturated rings. The van der Waals surface area contributed by atoms with E-state index in [1.54, 1.807) is 0 Å². The minimum atomic E-state index is 0.413. The molecule has 0 aliphatic heterocycles. The summed E-state index contributed by atoms with van der Waals surface area (Å²) in [6.07, 6.45) is 5.25. The Kier molecular flexibility index (Phi) is 1.19. The highest BCUT2D eigenvalue weighted by molar-refractivity contribution is 5.85. The van der Waals surface area contributed by atoms with Gasteiger partial charge in [0.25, 0.3) is 0 Å². The minimum absolute atomic E-state index is 0.413. The van der Waals surface area contributed by atoms with Crippen LogP contribution in [0.3, 0.4) is 0 Å². The van der Waals surface area contributed by atoms with Crippen LogP contribution in [0.1, 0.15) is 26.2 Å². The number of hydrogen-bond donors (Lipinski definition) is 0. The van der Waals surface area contributed by atoms with Crippen molar-refractivity contribution >= 4 is 5.78 Å². The first-order valence-corrected chi connectivity index (χ1v) is 3.99. The largest absolute Gasteiger partial charge is 0.299 e. The van der Waals surface area contributed by atoms with E-state index < -0.39 is 0 Å². The van der Waals surface area contributed by atoms with Gasteiger partial charge in [0.15, 0.2) is 0 Å². The smallest absolute Gasteiger partial charge is 0.136 e. The Bertz CT molecular complexity index is 203. The summed E-state index contributed by atoms with van der Waals surface area (Å²) in [6.45, 7) is 2.08. The summed E-state index contributed by atoms with van der Waals surface area (Å²) in [6, 6.07) is 0. The Balaban J connectivity index is 2.24. The molecule has 0 N–H and O–H groups in total. The van der Waals surface area contributed by atoms with Crippen molar-refractivity contribution in [3.05, 3.63) is 11.6 Å². The second-order valence-corrected chi connectivity index (χ2v) is 3.37. The molecule has 10 heavy (non-hydrogen) atoms. The number of Topliss-reactive ketones (excluding diaryl/α,β-unsaturated/α-hetero) is 1. The average molecular weight is 136 g/mol. The molecule has 2 saturated carbocycles. The molecule has 0 aromatic heterocycles. The summed E-state index contributed by atoms with van der Waals surface area (Å²) in [5.74, 6) is 1.56. The highest BCUT2D eigenvalue weighted by Crippen LogP contribution is 2.45. The lowest BCUT2D eigenvalue weighted by molar-refractivity contribution is -0.121. The van der Waals surface area contributed by atoms with Crippen LogP contribution in [0.25, 0.3) is 0 Å². The Morgan fingerprint density at radius 3 is 2.60 bits per heavy atom. The summed E-state index contributed by atoms with van der Waals surface area (Å²) in [4.78, 5) is 11.1. The number of carbonyl (C=O) groups is 1. The van der Waals surface area contributed by atoms with E-state index in [0.717, 1.165) is 19.3 Å². The monoisotopic (exact) mass is 136 g/mol. The van der Waals surface area contributed by atoms with Crippen LogP contribution in [-0.4, -0.2) is 5.78 Å². The van der Waals surface area contributed by atoms with Crippen LogP contribution in [0.4, 0.5) is 0 Å². The van der Waals surface area contributed by atoms with Gasteiger partial charge in [-0.05, 0) is 25.7 Å². The van der Waals surface area contributed by atoms with Crippen molar-refractivity contribution in [3.63, 3.8) is 0 Å². The van der Waals surface area contributed by atoms with Gasteiger partial charge in [0.05, 0.1) is 0 Å². The highest BCUT2D eigenvalue weighted by atomic mass is 16.1. The molecule has 0 radical (unpaired) electrons. The van der Waals surface area contributed by atoms with Crippen molar-refractivity contribution in [2.24, 2.45) is 11.8 Å². The SMILES string of the molecule is CC=C1CC2CC1CC2=O. The first-order valence-electron chi connectivity index (χ1n) is 3.99. The summed E-state index contributed by atoms with van der Waals surface area (Å²) in [7, 11) is 0. The lowest BCUT2D eigenvalue weighted by Crippen LogP contribution is -2.09. The molecule has 0 spiro atoms. The molecule has 54 valence electrons. The summed E-state index contributed by atoms with van der Waals surface area (Å²) < 4.78 is 0. The number of hydrogen-bond acceptors (Lipinski definition) is 1. The second kappa shape index (κ2) is 1.94. The van der Waals surface area contributed by atoms with Gasteiger partial charge in [-0.25, -0.2) is 0 Å². The molecule has 2 rings (SSSR count). The Morgan fingerprint density at radius 2 is 2.20 bits per heavy atom. The fraction of sp³-hybridized carbons (Fsp3) is 0.667. The number of ketones is 1. The predicted molar refractivity (Wildman–Crippen MR) is 39.6 cm³/mol. The average Bonchev–Trinajstić information content (AvgIpc) is 2.44. The lowest BCUT2D eigenvalue weighted by Gasteiger charge is -2.10. The Hall–Kier alpha value is -0.590. The van der Waals surface area contributed by atoms with Crippen LogP contribution in [0.2, 0.25) is 0 Å². The van der Waals surface area contributed by atoms with Crippen LogP contribution >= 0.6 is 0 Å². The van der Waals surface area contributed by atoms with Gasteiger partial charge in [-0.2, -0.15) is 0 Å². The number of fused-ring (bicyclic) bond motifs is 2. The molecule has 0 heterocycles. The zero-order valence-electron chi connectivity index (χ0n) is 6.26. The fourth-order valence-electron chi connectivity index (χ4n) is 2.25. The van der Waals surface area contributed by atoms with Gasteiger partial charge in [-0.1, -0.05) is 11.6 Å². The maximum absolute atomic E-state index is 11.1. The zero-order chi connectivity index (χ0) is 7.14. The van der Waals surface area contributed by atoms with Gasteiger partial charge in [0.1, 0.15) is 5.78 Å². The van der Waals surface area contributed by atoms with Crippen molar-refractivity contribution in [1.82, 2.24) is 0 Å². The van der Waals surface area contributed by atoms with E-state index in [0.29, 0.717) is 17.6 Å². The third kappa shape index (κ3) is 0.664. The molecular formula is C9H12O. The van der Waals surface area contributed by atoms with Gasteiger partial charge in [0, 0.05) is 12.3 Å². The Morgan fingerprint density at radius 1 is 1.40 bits per heavy atom. The molecular weight excluding hydrogens is 124 g/mol. The standard InChI is InChI=1S/C9H12O/c1-2-6-3-8-4-7(6)5-9(8)10/h2,7-8H,3-5H2,1H3. The lowest BCUT2D eigenvalue weighted by atomic mass is 9.94. The second-order valence-electron chi connectivity index (χ2n) is 3.37. The molecule has 0 saturated heterocycles. The highest BCUT2D eigenvalue weighted by Gasteiger charge is 2.40. The van der Waals surface area contributed by atoms with E-state index in [9.17, 15) is 4.79 Å². The normalized spacial score (nSPS) is 41.7. The molecule has 0 amide bonds. The van der Waals surface area contributed by atoms with E-state index in [4.69, 9.17) is 0 Å². The quantitative estimate of drug-likeness (QED) is 0.465. The van der Waals surface area contributed by atoms with Crippen LogP contribution < -0.4 is 0 Å². The molecule has 2 aliphatic rings. The molecule has 2 aliphatic carbocycles. The predicted octanol–water partition coefficient (Wildman–Crippen LogP) is 1.93. The van der Waals surface area contributed by atoms with Crippen molar-refractivity contribution in [2.45, 2.75) is 26.2 Å². The van der Waals surface area contributed by atoms with E-state index >= 15 is 0 Å². The van der Waals surface area contributed by atoms with Crippen molar-refractivity contribution in [3.8, 4) is 0 Å². The van der Waals surface area contributed by atoms with Gasteiger partial charge in [-0.15, -0.1) is 0 Å². The fourth-order valence-corrected chi connectivity index (χ4v) is 2.25. The minimum Gasteiger partial charge on any atom is -0.299 e. The topological polar surface area (TPSA) is 17.1 Å². The summed E-state index contributed by atoms with van der Waals surface area (Å²) >= 11 is 0. The van der Waals surface area contributed by atoms with Crippen molar-refractivity contribution < 1.29 is 4.79 Å². The van der Waals surface area contributed by atoms with Crippen LogP contribution in [-0.2, 0) is 4.79 Å². The van der Waals surface area contributed by atoms with Crippen molar-refractivity contribution in [2.75, 3.05) is 0 Å². The maximum atomic E-state index is 11.1. The molecule has 0 aromatic carbocycles. The zero-order valence-corrected chi connectivity index (χ0v) is 6.26. The summed E-state index contributed by atoms with van der Waals surface area (Å²) in [5.41, 5.74) is 1.53. The van der Waals surface area contributed by atoms with E-state index in [1.165, 1.54) is 5.57 Å². The maximum Gasteiger partial charge on any atom is 0.136 e. The van der Waals surface area contributed by atoms with Gasteiger partial charge >= 0.3 is 0 Å². The third-order valence-corrected chi connectivity index (χ3v) is 2.85. The van der Waals surface area contributed by atoms with Gasteiger partial charge < -0.3 is 0 Å². The first kappa shape index (κ1) is 6.14. The molecule has 1 nitrogen and oxygen atoms in total. The molecule has 0 aromatic rings. The number of carbonyl (C=O) groups excluding carboxylic acids is 1. The first-order chi connectivity index (χ1) is 4.81. The van der Waals surface area contributed by atoms with E-state index in [1.807, 2.05) is 0 Å². The molecule has 2 unspecified atom stereocenters. The molecule has 1 heteroatoms. The summed E-state index contributed by atoms with van der Waals surface area (Å²) in [5, 5.41) is 0. The van der Waals surface area contributed by atoms with Crippen LogP contribution in [0.15, 0.2) is 11.6 Å². The third-order valence-electron chi connectivity index (χ3n) is 2.85. The molecule has 2 bridgehead atoms.